The molecule has 0 saturated carbocycles. The third-order valence-electron chi connectivity index (χ3n) is 3.18. The zero-order valence-corrected chi connectivity index (χ0v) is 17.3. The number of rotatable bonds is 8. The lowest BCUT2D eigenvalue weighted by Gasteiger charge is -2.39. The summed E-state index contributed by atoms with van der Waals surface area (Å²) in [5.74, 6) is 0. The van der Waals surface area contributed by atoms with Gasteiger partial charge in [0.25, 0.3) is 0 Å². The van der Waals surface area contributed by atoms with Gasteiger partial charge < -0.3 is 4.67 Å². The monoisotopic (exact) mass is 357 g/mol. The Labute approximate surface area is 137 Å². The molecule has 0 aromatic heterocycles. The van der Waals surface area contributed by atoms with Gasteiger partial charge in [0.15, 0.2) is 0 Å². The van der Waals surface area contributed by atoms with E-state index in [0.29, 0.717) is 0 Å². The second-order valence-electron chi connectivity index (χ2n) is 4.73. The van der Waals surface area contributed by atoms with Crippen molar-refractivity contribution in [1.29, 1.82) is 0 Å². The maximum atomic E-state index is 13.2. The molecule has 4 nitrogen and oxygen atoms in total. The predicted molar refractivity (Wildman–Crippen MR) is 99.8 cm³/mol. The van der Waals surface area contributed by atoms with Crippen LogP contribution >= 0.6 is 42.9 Å². The van der Waals surface area contributed by atoms with Gasteiger partial charge >= 0.3 is 7.59 Å². The van der Waals surface area contributed by atoms with Crippen molar-refractivity contribution in [2.45, 2.75) is 10.3 Å². The molecule has 0 aromatic rings. The van der Waals surface area contributed by atoms with Crippen molar-refractivity contribution in [3.63, 3.8) is 0 Å². The first-order valence-electron chi connectivity index (χ1n) is 6.16. The Kier molecular flexibility index (Phi) is 8.70. The number of thioether (sulfide) groups is 3. The molecule has 0 N–H and O–H groups in total. The largest absolute Gasteiger partial charge is 0.309 e. The smallest absolute Gasteiger partial charge is 0.306 e. The first-order valence-corrected chi connectivity index (χ1v) is 11.4. The van der Waals surface area contributed by atoms with Gasteiger partial charge in [0.2, 0.25) is 0 Å². The Morgan fingerprint density at radius 2 is 1.30 bits per heavy atom. The van der Waals surface area contributed by atoms with E-state index in [1.54, 1.807) is 44.6 Å². The van der Waals surface area contributed by atoms with Crippen LogP contribution in [0.1, 0.15) is 6.92 Å². The van der Waals surface area contributed by atoms with Gasteiger partial charge in [0.05, 0.1) is 0 Å². The van der Waals surface area contributed by atoms with E-state index in [2.05, 4.69) is 24.8 Å². The minimum atomic E-state index is -2.72. The van der Waals surface area contributed by atoms with Crippen LogP contribution < -0.4 is 0 Å². The van der Waals surface area contributed by atoms with Gasteiger partial charge in [-0.25, -0.2) is 9.34 Å². The Bertz CT molecular complexity index is 364. The van der Waals surface area contributed by atoms with Crippen molar-refractivity contribution in [2.75, 3.05) is 54.0 Å². The lowest BCUT2D eigenvalue weighted by molar-refractivity contribution is 0.386. The Balaban J connectivity index is 5.58. The van der Waals surface area contributed by atoms with Crippen LogP contribution in [0.25, 0.3) is 0 Å². The highest BCUT2D eigenvalue weighted by Crippen LogP contribution is 2.55. The molecule has 0 spiro atoms. The third-order valence-corrected chi connectivity index (χ3v) is 11.4. The van der Waals surface area contributed by atoms with Gasteiger partial charge in [0, 0.05) is 12.7 Å². The van der Waals surface area contributed by atoms with Crippen LogP contribution in [0.5, 0.6) is 0 Å². The van der Waals surface area contributed by atoms with E-state index in [4.69, 9.17) is 0 Å². The van der Waals surface area contributed by atoms with E-state index in [1.807, 2.05) is 46.8 Å². The fraction of sp³-hybridized carbons (Fsp3) is 0.833. The van der Waals surface area contributed by atoms with Gasteiger partial charge in [-0.05, 0) is 60.0 Å². The summed E-state index contributed by atoms with van der Waals surface area (Å²) in [6.07, 6.45) is 8.52. The number of allylic oxidation sites excluding steroid dienone is 1. The average Bonchev–Trinajstić information content (AvgIpc) is 2.42. The fourth-order valence-corrected chi connectivity index (χ4v) is 7.00. The van der Waals surface area contributed by atoms with Gasteiger partial charge in [-0.2, -0.15) is 0 Å². The minimum Gasteiger partial charge on any atom is -0.306 e. The second-order valence-corrected chi connectivity index (χ2v) is 11.9. The van der Waals surface area contributed by atoms with Crippen LogP contribution in [-0.4, -0.2) is 71.4 Å². The van der Waals surface area contributed by atoms with Crippen LogP contribution in [0.4, 0.5) is 0 Å². The van der Waals surface area contributed by atoms with Crippen molar-refractivity contribution >= 4 is 42.9 Å². The van der Waals surface area contributed by atoms with Crippen molar-refractivity contribution < 1.29 is 4.57 Å². The van der Waals surface area contributed by atoms with Crippen molar-refractivity contribution in [2.24, 2.45) is 0 Å². The maximum absolute atomic E-state index is 13.2. The number of hydrogen-bond acceptors (Lipinski definition) is 4. The zero-order valence-electron chi connectivity index (χ0n) is 14.0. The first-order chi connectivity index (χ1) is 9.11. The molecular weight excluding hydrogens is 329 g/mol. The maximum Gasteiger partial charge on any atom is 0.309 e. The van der Waals surface area contributed by atoms with Crippen LogP contribution in [-0.2, 0) is 4.57 Å². The lowest BCUT2D eigenvalue weighted by atomic mass is 10.4. The van der Waals surface area contributed by atoms with Gasteiger partial charge in [-0.3, -0.25) is 4.57 Å². The van der Waals surface area contributed by atoms with Crippen molar-refractivity contribution in [1.82, 2.24) is 14.0 Å². The van der Waals surface area contributed by atoms with Gasteiger partial charge in [-0.15, -0.1) is 35.3 Å². The van der Waals surface area contributed by atoms with Crippen molar-refractivity contribution in [3.05, 3.63) is 11.8 Å². The molecule has 0 unspecified atom stereocenters. The zero-order chi connectivity index (χ0) is 16.1. The predicted octanol–water partition coefficient (Wildman–Crippen LogP) is 3.80. The molecule has 0 aliphatic rings. The summed E-state index contributed by atoms with van der Waals surface area (Å²) < 4.78 is 18.7. The summed E-state index contributed by atoms with van der Waals surface area (Å²) in [6, 6.07) is 0. The lowest BCUT2D eigenvalue weighted by Crippen LogP contribution is -2.32. The highest BCUT2D eigenvalue weighted by molar-refractivity contribution is 8.33. The Morgan fingerprint density at radius 3 is 1.55 bits per heavy atom. The molecule has 8 heteroatoms. The number of nitrogens with zero attached hydrogens (tertiary/aromatic N) is 3. The SMILES string of the molecule is CSC(/C=C(/C)N(C)P(=O)(N(C)C)N(C)C)(SC)SC. The van der Waals surface area contributed by atoms with Crippen LogP contribution in [0.3, 0.4) is 0 Å². The Hall–Kier alpha value is 0.740. The highest BCUT2D eigenvalue weighted by Gasteiger charge is 2.35. The second kappa shape index (κ2) is 8.39. The molecule has 0 heterocycles. The summed E-state index contributed by atoms with van der Waals surface area (Å²) in [4.78, 5) is 0. The quantitative estimate of drug-likeness (QED) is 0.482. The standard InChI is InChI=1S/C12H28N3OPS3/c1-11(10-12(18-7,19-8)20-9)15(6)17(16,13(2)3)14(4)5/h10H,1-9H3/b11-10-. The fourth-order valence-electron chi connectivity index (χ4n) is 1.88. The van der Waals surface area contributed by atoms with E-state index in [0.717, 1.165) is 5.70 Å². The molecule has 0 aliphatic heterocycles. The van der Waals surface area contributed by atoms with Crippen LogP contribution in [0, 0.1) is 0 Å². The molecule has 0 saturated heterocycles. The molecule has 0 fully saturated rings. The van der Waals surface area contributed by atoms with Crippen LogP contribution in [0.15, 0.2) is 11.8 Å². The van der Waals surface area contributed by atoms with E-state index in [1.165, 1.54) is 0 Å². The Morgan fingerprint density at radius 1 is 0.950 bits per heavy atom. The molecule has 0 atom stereocenters. The summed E-state index contributed by atoms with van der Waals surface area (Å²) >= 11 is 5.39. The molecule has 120 valence electrons. The topological polar surface area (TPSA) is 26.8 Å². The van der Waals surface area contributed by atoms with E-state index >= 15 is 0 Å². The summed E-state index contributed by atoms with van der Waals surface area (Å²) in [5.41, 5.74) is 1.02. The molecule has 0 aromatic carbocycles. The van der Waals surface area contributed by atoms with Gasteiger partial charge in [0.1, 0.15) is 3.41 Å². The molecule has 0 rings (SSSR count). The summed E-state index contributed by atoms with van der Waals surface area (Å²) in [6.45, 7) is 2.02. The van der Waals surface area contributed by atoms with E-state index < -0.39 is 7.59 Å². The molecule has 20 heavy (non-hydrogen) atoms. The van der Waals surface area contributed by atoms with Gasteiger partial charge in [-0.1, -0.05) is 0 Å². The molecular formula is C12H28N3OPS3. The van der Waals surface area contributed by atoms with E-state index in [-0.39, 0.29) is 3.41 Å². The molecule has 0 bridgehead atoms. The van der Waals surface area contributed by atoms with E-state index in [9.17, 15) is 4.57 Å². The minimum absolute atomic E-state index is 0.0399. The van der Waals surface area contributed by atoms with Crippen LogP contribution in [0.2, 0.25) is 0 Å². The van der Waals surface area contributed by atoms with Crippen molar-refractivity contribution in [3.8, 4) is 0 Å². The normalized spacial score (nSPS) is 14.2. The average molecular weight is 358 g/mol. The third kappa shape index (κ3) is 4.37. The molecule has 0 aliphatic carbocycles. The molecule has 0 radical (unpaired) electrons. The summed E-state index contributed by atoms with van der Waals surface area (Å²) in [7, 11) is 6.60. The highest BCUT2D eigenvalue weighted by atomic mass is 32.3. The molecule has 0 amide bonds. The summed E-state index contributed by atoms with van der Waals surface area (Å²) in [5, 5.41) is 0. The first kappa shape index (κ1) is 20.7. The number of hydrogen-bond donors (Lipinski definition) is 0.